The number of nitrogens with zero attached hydrogens (tertiary/aromatic N) is 4. The lowest BCUT2D eigenvalue weighted by atomic mass is 9.86. The zero-order valence-corrected chi connectivity index (χ0v) is 24.3. The molecule has 3 fully saturated rings. The number of pyridine rings is 1. The molecule has 226 valence electrons. The molecule has 2 saturated heterocycles. The molecule has 9 nitrogen and oxygen atoms in total. The molecule has 0 radical (unpaired) electrons. The van der Waals surface area contributed by atoms with E-state index in [-0.39, 0.29) is 46.6 Å². The number of carboxylic acids is 1. The number of anilines is 2. The van der Waals surface area contributed by atoms with Crippen molar-refractivity contribution in [2.45, 2.75) is 57.4 Å². The molecule has 1 saturated carbocycles. The van der Waals surface area contributed by atoms with E-state index in [1.165, 1.54) is 23.1 Å². The lowest BCUT2D eigenvalue weighted by Crippen LogP contribution is -2.40. The molecule has 6 rings (SSSR count). The Kier molecular flexibility index (Phi) is 8.49. The summed E-state index contributed by atoms with van der Waals surface area (Å²) in [6.45, 7) is 1.76. The van der Waals surface area contributed by atoms with Crippen molar-refractivity contribution in [1.82, 2.24) is 9.97 Å². The predicted molar refractivity (Wildman–Crippen MR) is 157 cm³/mol. The minimum Gasteiger partial charge on any atom is -0.481 e. The van der Waals surface area contributed by atoms with Crippen molar-refractivity contribution < 1.29 is 33.0 Å². The second kappa shape index (κ2) is 12.5. The zero-order valence-electron chi connectivity index (χ0n) is 23.5. The number of carbonyl (C=O) groups excluding carboxylic acids is 2. The van der Waals surface area contributed by atoms with Crippen LogP contribution in [0.3, 0.4) is 0 Å². The fourth-order valence-corrected chi connectivity index (χ4v) is 6.83. The maximum absolute atomic E-state index is 15.7. The number of halogens is 2. The number of rotatable bonds is 10. The molecule has 2 amide bonds. The van der Waals surface area contributed by atoms with E-state index >= 15 is 4.39 Å². The van der Waals surface area contributed by atoms with Crippen molar-refractivity contribution in [1.29, 1.82) is 0 Å². The van der Waals surface area contributed by atoms with Gasteiger partial charge in [0.05, 0.1) is 6.42 Å². The van der Waals surface area contributed by atoms with Crippen LogP contribution in [0.15, 0.2) is 36.5 Å². The van der Waals surface area contributed by atoms with Crippen molar-refractivity contribution in [3.63, 3.8) is 0 Å². The molecule has 2 aliphatic heterocycles. The van der Waals surface area contributed by atoms with Gasteiger partial charge in [0, 0.05) is 55.5 Å². The third-order valence-corrected chi connectivity index (χ3v) is 9.15. The molecule has 0 spiro atoms. The van der Waals surface area contributed by atoms with Crippen molar-refractivity contribution >= 4 is 40.1 Å². The molecule has 1 aliphatic carbocycles. The van der Waals surface area contributed by atoms with Crippen LogP contribution in [-0.4, -0.2) is 58.7 Å². The van der Waals surface area contributed by atoms with Crippen molar-refractivity contribution in [2.75, 3.05) is 29.6 Å². The van der Waals surface area contributed by atoms with Crippen LogP contribution in [0.4, 0.5) is 19.7 Å². The highest BCUT2D eigenvalue weighted by atomic mass is 32.1. The summed E-state index contributed by atoms with van der Waals surface area (Å²) in [4.78, 5) is 49.8. The lowest BCUT2D eigenvalue weighted by Gasteiger charge is -2.29. The summed E-state index contributed by atoms with van der Waals surface area (Å²) in [7, 11) is 0. The van der Waals surface area contributed by atoms with Gasteiger partial charge in [-0.25, -0.2) is 14.4 Å². The van der Waals surface area contributed by atoms with Gasteiger partial charge in [-0.2, -0.15) is 4.39 Å². The van der Waals surface area contributed by atoms with Crippen LogP contribution in [0.5, 0.6) is 0 Å². The molecule has 3 aromatic rings. The van der Waals surface area contributed by atoms with Crippen LogP contribution in [-0.2, 0) is 19.1 Å². The highest BCUT2D eigenvalue weighted by molar-refractivity contribution is 7.14. The second-order valence-electron chi connectivity index (χ2n) is 11.4. The Hall–Kier alpha value is -3.77. The number of hydrogen-bond acceptors (Lipinski definition) is 7. The smallest absolute Gasteiger partial charge is 0.304 e. The topological polar surface area (TPSA) is 113 Å². The van der Waals surface area contributed by atoms with Gasteiger partial charge in [-0.3, -0.25) is 24.2 Å². The van der Waals surface area contributed by atoms with Crippen molar-refractivity contribution in [3.05, 3.63) is 47.5 Å². The fourth-order valence-electron chi connectivity index (χ4n) is 5.95. The number of carbonyl (C=O) groups is 3. The first-order valence-corrected chi connectivity index (χ1v) is 15.5. The molecule has 0 bridgehead atoms. The van der Waals surface area contributed by atoms with Gasteiger partial charge in [0.2, 0.25) is 16.9 Å². The number of hydrogen-bond donors (Lipinski definition) is 1. The predicted octanol–water partition coefficient (Wildman–Crippen LogP) is 5.68. The number of thiazole rings is 1. The summed E-state index contributed by atoms with van der Waals surface area (Å²) in [5, 5.41) is 9.06. The van der Waals surface area contributed by atoms with Gasteiger partial charge in [-0.1, -0.05) is 17.4 Å². The number of benzene rings is 1. The number of aromatic nitrogens is 2. The van der Waals surface area contributed by atoms with Crippen molar-refractivity contribution in [2.24, 2.45) is 11.8 Å². The standard InChI is InChI=1S/C31H32F2N4O5S/c32-21-4-7-23(19-3-8-25(34-17-19)36-11-1-2-26(36)38)24(16-21)28-29(33)43-31(35-28)37(22-5-6-22)30(41)20(15-27(39)40)14-18-9-12-42-13-10-18/h3-4,7-8,16-18,20,22H,1-2,5-6,9-15H2,(H,39,40). The summed E-state index contributed by atoms with van der Waals surface area (Å²) in [5.74, 6) is -2.08. The highest BCUT2D eigenvalue weighted by Crippen LogP contribution is 2.42. The fraction of sp³-hybridized carbons (Fsp3) is 0.452. The van der Waals surface area contributed by atoms with E-state index in [0.29, 0.717) is 73.7 Å². The first-order chi connectivity index (χ1) is 20.8. The summed E-state index contributed by atoms with van der Waals surface area (Å²) in [5.41, 5.74) is 1.20. The Bertz CT molecular complexity index is 1520. The Morgan fingerprint density at radius 2 is 1.91 bits per heavy atom. The molecular weight excluding hydrogens is 578 g/mol. The number of ether oxygens (including phenoxy) is 1. The van der Waals surface area contributed by atoms with Gasteiger partial charge < -0.3 is 9.84 Å². The Morgan fingerprint density at radius 1 is 1.12 bits per heavy atom. The maximum Gasteiger partial charge on any atom is 0.304 e. The summed E-state index contributed by atoms with van der Waals surface area (Å²) >= 11 is 0.703. The van der Waals surface area contributed by atoms with Gasteiger partial charge in [0.25, 0.3) is 0 Å². The van der Waals surface area contributed by atoms with Crippen LogP contribution in [0.2, 0.25) is 0 Å². The van der Waals surface area contributed by atoms with E-state index in [4.69, 9.17) is 4.74 Å². The molecule has 1 unspecified atom stereocenters. The Morgan fingerprint density at radius 3 is 2.56 bits per heavy atom. The normalized spacial score (nSPS) is 18.2. The summed E-state index contributed by atoms with van der Waals surface area (Å²) < 4.78 is 35.6. The van der Waals surface area contributed by atoms with Gasteiger partial charge in [0.1, 0.15) is 17.3 Å². The Balaban J connectivity index is 1.31. The zero-order chi connectivity index (χ0) is 30.1. The number of aliphatic carboxylic acids is 1. The third-order valence-electron chi connectivity index (χ3n) is 8.30. The van der Waals surface area contributed by atoms with Gasteiger partial charge in [-0.15, -0.1) is 0 Å². The first kappa shape index (κ1) is 29.3. The molecule has 4 heterocycles. The van der Waals surface area contributed by atoms with Crippen LogP contribution in [0.25, 0.3) is 22.4 Å². The maximum atomic E-state index is 15.7. The molecule has 3 aliphatic rings. The van der Waals surface area contributed by atoms with E-state index in [0.717, 1.165) is 19.3 Å². The molecule has 12 heteroatoms. The molecule has 1 atom stereocenters. The van der Waals surface area contributed by atoms with E-state index in [1.54, 1.807) is 23.2 Å². The van der Waals surface area contributed by atoms with E-state index in [9.17, 15) is 23.9 Å². The van der Waals surface area contributed by atoms with Crippen LogP contribution >= 0.6 is 11.3 Å². The summed E-state index contributed by atoms with van der Waals surface area (Å²) in [6.07, 6.45) is 5.84. The minimum atomic E-state index is -1.06. The molecule has 1 N–H and O–H groups in total. The summed E-state index contributed by atoms with van der Waals surface area (Å²) in [6, 6.07) is 7.28. The molecular formula is C31H32F2N4O5S. The molecule has 2 aromatic heterocycles. The third kappa shape index (κ3) is 6.45. The van der Waals surface area contributed by atoms with E-state index in [1.807, 2.05) is 0 Å². The van der Waals surface area contributed by atoms with E-state index < -0.39 is 22.8 Å². The number of amides is 2. The van der Waals surface area contributed by atoms with Crippen LogP contribution < -0.4 is 9.80 Å². The molecule has 43 heavy (non-hydrogen) atoms. The average molecular weight is 611 g/mol. The van der Waals surface area contributed by atoms with Crippen LogP contribution in [0, 0.1) is 22.8 Å². The van der Waals surface area contributed by atoms with Gasteiger partial charge in [-0.05, 0) is 74.3 Å². The second-order valence-corrected chi connectivity index (χ2v) is 12.3. The SMILES string of the molecule is O=C(O)CC(CC1CCOCC1)C(=O)N(c1nc(-c2cc(F)ccc2-c2ccc(N3CCCC3=O)nc2)c(F)s1)C1CC1. The average Bonchev–Trinajstić information content (AvgIpc) is 3.62. The highest BCUT2D eigenvalue weighted by Gasteiger charge is 2.40. The van der Waals surface area contributed by atoms with Gasteiger partial charge >= 0.3 is 5.97 Å². The monoisotopic (exact) mass is 610 g/mol. The molecule has 1 aromatic carbocycles. The van der Waals surface area contributed by atoms with E-state index in [2.05, 4.69) is 9.97 Å². The number of carboxylic acid groups (broad SMARTS) is 1. The quantitative estimate of drug-likeness (QED) is 0.314. The minimum absolute atomic E-state index is 0.00732. The van der Waals surface area contributed by atoms with Gasteiger partial charge in [0.15, 0.2) is 5.13 Å². The largest absolute Gasteiger partial charge is 0.481 e. The van der Waals surface area contributed by atoms with Crippen LogP contribution in [0.1, 0.15) is 51.4 Å². The van der Waals surface area contributed by atoms with Crippen molar-refractivity contribution in [3.8, 4) is 22.4 Å². The first-order valence-electron chi connectivity index (χ1n) is 14.6. The lowest BCUT2D eigenvalue weighted by molar-refractivity contribution is -0.141. The Labute approximate surface area is 251 Å².